The molecule has 0 saturated carbocycles. The Morgan fingerprint density at radius 2 is 2.31 bits per heavy atom. The normalized spacial score (nSPS) is 12.4. The first-order valence-corrected chi connectivity index (χ1v) is 6.46. The number of allylic oxidation sites excluding steroid dienone is 1. The highest BCUT2D eigenvalue weighted by molar-refractivity contribution is 7.99. The molecule has 0 bridgehead atoms. The molecule has 0 aliphatic rings. The Kier molecular flexibility index (Phi) is 6.19. The predicted molar refractivity (Wildman–Crippen MR) is 69.1 cm³/mol. The number of unbranched alkanes of at least 4 members (excludes halogenated alkanes) is 1. The first-order chi connectivity index (χ1) is 7.72. The number of halogens is 1. The molecular formula is C13H18FNS. The van der Waals surface area contributed by atoms with Crippen LogP contribution in [-0.2, 0) is 0 Å². The number of thioether (sulfide) groups is 1. The first kappa shape index (κ1) is 13.3. The van der Waals surface area contributed by atoms with E-state index in [2.05, 4.69) is 6.58 Å². The maximum atomic E-state index is 12.9. The molecular weight excluding hydrogens is 221 g/mol. The Bertz CT molecular complexity index is 327. The third-order valence-corrected chi connectivity index (χ3v) is 3.43. The van der Waals surface area contributed by atoms with Gasteiger partial charge in [-0.05, 0) is 37.5 Å². The Labute approximate surface area is 101 Å². The zero-order valence-electron chi connectivity index (χ0n) is 9.36. The van der Waals surface area contributed by atoms with Crippen LogP contribution in [0.3, 0.4) is 0 Å². The smallest absolute Gasteiger partial charge is 0.124 e. The van der Waals surface area contributed by atoms with Crippen LogP contribution in [0.5, 0.6) is 0 Å². The molecule has 3 heteroatoms. The van der Waals surface area contributed by atoms with E-state index in [4.69, 9.17) is 5.73 Å². The summed E-state index contributed by atoms with van der Waals surface area (Å²) in [6.45, 7) is 3.67. The van der Waals surface area contributed by atoms with E-state index in [1.807, 2.05) is 12.1 Å². The lowest BCUT2D eigenvalue weighted by Crippen LogP contribution is -2.22. The molecule has 0 aromatic heterocycles. The van der Waals surface area contributed by atoms with Gasteiger partial charge in [-0.25, -0.2) is 4.39 Å². The summed E-state index contributed by atoms with van der Waals surface area (Å²) in [6.07, 6.45) is 4.99. The number of hydrogen-bond donors (Lipinski definition) is 1. The monoisotopic (exact) mass is 239 g/mol. The van der Waals surface area contributed by atoms with E-state index in [0.717, 1.165) is 29.9 Å². The lowest BCUT2D eigenvalue weighted by atomic mass is 10.1. The minimum atomic E-state index is -0.190. The van der Waals surface area contributed by atoms with Crippen molar-refractivity contribution in [1.82, 2.24) is 0 Å². The van der Waals surface area contributed by atoms with Gasteiger partial charge in [0.25, 0.3) is 0 Å². The van der Waals surface area contributed by atoms with Gasteiger partial charge in [-0.1, -0.05) is 12.1 Å². The summed E-state index contributed by atoms with van der Waals surface area (Å²) >= 11 is 1.61. The zero-order chi connectivity index (χ0) is 11.8. The van der Waals surface area contributed by atoms with Gasteiger partial charge in [0.15, 0.2) is 0 Å². The van der Waals surface area contributed by atoms with Crippen LogP contribution in [0.2, 0.25) is 0 Å². The fourth-order valence-electron chi connectivity index (χ4n) is 1.37. The maximum Gasteiger partial charge on any atom is 0.124 e. The second kappa shape index (κ2) is 7.47. The van der Waals surface area contributed by atoms with Gasteiger partial charge < -0.3 is 5.73 Å². The Hall–Kier alpha value is -0.800. The number of rotatable bonds is 7. The molecule has 1 unspecified atom stereocenters. The van der Waals surface area contributed by atoms with Gasteiger partial charge in [-0.3, -0.25) is 0 Å². The largest absolute Gasteiger partial charge is 0.327 e. The maximum absolute atomic E-state index is 12.9. The molecule has 1 aromatic carbocycles. The highest BCUT2D eigenvalue weighted by Crippen LogP contribution is 2.20. The van der Waals surface area contributed by atoms with Crippen molar-refractivity contribution in [2.24, 2.45) is 5.73 Å². The van der Waals surface area contributed by atoms with Gasteiger partial charge in [0.05, 0.1) is 0 Å². The summed E-state index contributed by atoms with van der Waals surface area (Å²) < 4.78 is 12.9. The molecule has 1 rings (SSSR count). The molecule has 0 spiro atoms. The second-order valence-electron chi connectivity index (χ2n) is 3.75. The van der Waals surface area contributed by atoms with Crippen LogP contribution in [0.1, 0.15) is 19.3 Å². The second-order valence-corrected chi connectivity index (χ2v) is 4.84. The SMILES string of the molecule is C=CCCCC(N)CSc1cccc(F)c1. The average molecular weight is 239 g/mol. The van der Waals surface area contributed by atoms with Crippen molar-refractivity contribution in [3.8, 4) is 0 Å². The predicted octanol–water partition coefficient (Wildman–Crippen LogP) is 3.60. The molecule has 0 saturated heterocycles. The van der Waals surface area contributed by atoms with Crippen LogP contribution in [-0.4, -0.2) is 11.8 Å². The van der Waals surface area contributed by atoms with Gasteiger partial charge in [-0.15, -0.1) is 18.3 Å². The van der Waals surface area contributed by atoms with Crippen LogP contribution in [0.4, 0.5) is 4.39 Å². The Morgan fingerprint density at radius 3 is 3.00 bits per heavy atom. The molecule has 2 N–H and O–H groups in total. The number of benzene rings is 1. The van der Waals surface area contributed by atoms with Crippen molar-refractivity contribution in [1.29, 1.82) is 0 Å². The molecule has 0 heterocycles. The molecule has 0 aliphatic heterocycles. The van der Waals surface area contributed by atoms with E-state index in [-0.39, 0.29) is 11.9 Å². The van der Waals surface area contributed by atoms with Gasteiger partial charge in [0.2, 0.25) is 0 Å². The van der Waals surface area contributed by atoms with E-state index in [1.165, 1.54) is 6.07 Å². The topological polar surface area (TPSA) is 26.0 Å². The molecule has 0 aliphatic carbocycles. The molecule has 0 fully saturated rings. The lowest BCUT2D eigenvalue weighted by molar-refractivity contribution is 0.623. The van der Waals surface area contributed by atoms with Crippen molar-refractivity contribution in [2.45, 2.75) is 30.2 Å². The van der Waals surface area contributed by atoms with E-state index in [9.17, 15) is 4.39 Å². The van der Waals surface area contributed by atoms with Crippen molar-refractivity contribution in [3.63, 3.8) is 0 Å². The lowest BCUT2D eigenvalue weighted by Gasteiger charge is -2.10. The summed E-state index contributed by atoms with van der Waals surface area (Å²) in [6, 6.07) is 6.80. The highest BCUT2D eigenvalue weighted by Gasteiger charge is 2.03. The Balaban J connectivity index is 2.25. The quantitative estimate of drug-likeness (QED) is 0.447. The highest BCUT2D eigenvalue weighted by atomic mass is 32.2. The molecule has 0 amide bonds. The van der Waals surface area contributed by atoms with E-state index in [0.29, 0.717) is 0 Å². The number of hydrogen-bond acceptors (Lipinski definition) is 2. The van der Waals surface area contributed by atoms with Gasteiger partial charge >= 0.3 is 0 Å². The third-order valence-electron chi connectivity index (χ3n) is 2.24. The number of nitrogens with two attached hydrogens (primary N) is 1. The summed E-state index contributed by atoms with van der Waals surface area (Å²) in [5.74, 6) is 0.644. The van der Waals surface area contributed by atoms with Crippen molar-refractivity contribution in [2.75, 3.05) is 5.75 Å². The van der Waals surface area contributed by atoms with Crippen molar-refractivity contribution >= 4 is 11.8 Å². The molecule has 0 radical (unpaired) electrons. The van der Waals surface area contributed by atoms with Gasteiger partial charge in [0.1, 0.15) is 5.82 Å². The first-order valence-electron chi connectivity index (χ1n) is 5.47. The minimum Gasteiger partial charge on any atom is -0.327 e. The van der Waals surface area contributed by atoms with Gasteiger partial charge in [0, 0.05) is 16.7 Å². The van der Waals surface area contributed by atoms with Gasteiger partial charge in [-0.2, -0.15) is 0 Å². The van der Waals surface area contributed by atoms with Crippen LogP contribution < -0.4 is 5.73 Å². The Morgan fingerprint density at radius 1 is 1.50 bits per heavy atom. The van der Waals surface area contributed by atoms with E-state index in [1.54, 1.807) is 23.9 Å². The molecule has 1 atom stereocenters. The molecule has 1 nitrogen and oxygen atoms in total. The molecule has 16 heavy (non-hydrogen) atoms. The minimum absolute atomic E-state index is 0.174. The molecule has 88 valence electrons. The van der Waals surface area contributed by atoms with Crippen LogP contribution >= 0.6 is 11.8 Å². The standard InChI is InChI=1S/C13H18FNS/c1-2-3-4-7-12(15)10-16-13-8-5-6-11(14)9-13/h2,5-6,8-9,12H,1,3-4,7,10,15H2. The van der Waals surface area contributed by atoms with E-state index >= 15 is 0 Å². The molecule has 1 aromatic rings. The zero-order valence-corrected chi connectivity index (χ0v) is 10.2. The summed E-state index contributed by atoms with van der Waals surface area (Å²) in [5.41, 5.74) is 5.95. The average Bonchev–Trinajstić information content (AvgIpc) is 2.27. The summed E-state index contributed by atoms with van der Waals surface area (Å²) in [7, 11) is 0. The van der Waals surface area contributed by atoms with Crippen LogP contribution in [0, 0.1) is 5.82 Å². The van der Waals surface area contributed by atoms with Crippen molar-refractivity contribution in [3.05, 3.63) is 42.7 Å². The summed E-state index contributed by atoms with van der Waals surface area (Å²) in [5, 5.41) is 0. The fourth-order valence-corrected chi connectivity index (χ4v) is 2.31. The summed E-state index contributed by atoms with van der Waals surface area (Å²) in [4.78, 5) is 0.944. The van der Waals surface area contributed by atoms with Crippen LogP contribution in [0.25, 0.3) is 0 Å². The van der Waals surface area contributed by atoms with Crippen molar-refractivity contribution < 1.29 is 4.39 Å². The third kappa shape index (κ3) is 5.33. The fraction of sp³-hybridized carbons (Fsp3) is 0.385. The van der Waals surface area contributed by atoms with Crippen LogP contribution in [0.15, 0.2) is 41.8 Å². The van der Waals surface area contributed by atoms with E-state index < -0.39 is 0 Å².